The summed E-state index contributed by atoms with van der Waals surface area (Å²) in [5, 5.41) is 29.2. The largest absolute Gasteiger partial charge is 0.420 e. The van der Waals surface area contributed by atoms with Crippen molar-refractivity contribution in [3.05, 3.63) is 79.6 Å². The van der Waals surface area contributed by atoms with Crippen LogP contribution < -0.4 is 15.4 Å². The van der Waals surface area contributed by atoms with Crippen molar-refractivity contribution in [3.63, 3.8) is 0 Å². The van der Waals surface area contributed by atoms with Crippen LogP contribution >= 0.6 is 15.9 Å². The van der Waals surface area contributed by atoms with Gasteiger partial charge in [-0.25, -0.2) is 0 Å². The highest BCUT2D eigenvalue weighted by molar-refractivity contribution is 9.10. The van der Waals surface area contributed by atoms with Gasteiger partial charge in [-0.15, -0.1) is 5.10 Å². The van der Waals surface area contributed by atoms with Crippen molar-refractivity contribution in [3.8, 4) is 23.2 Å². The molecule has 3 heterocycles. The third-order valence-electron chi connectivity index (χ3n) is 5.95. The molecule has 0 radical (unpaired) electrons. The van der Waals surface area contributed by atoms with E-state index in [1.54, 1.807) is 12.1 Å². The Balaban J connectivity index is 1.67. The number of hydrogen-bond donors (Lipinski definition) is 2. The maximum absolute atomic E-state index is 12.0. The molecule has 0 unspecified atom stereocenters. The third kappa shape index (κ3) is 3.76. The number of nitro benzene ring substituents is 1. The van der Waals surface area contributed by atoms with Gasteiger partial charge in [-0.05, 0) is 23.8 Å². The number of nitrogens with zero attached hydrogens (tertiary/aromatic N) is 4. The molecule has 0 aliphatic carbocycles. The number of morpholine rings is 1. The third-order valence-corrected chi connectivity index (χ3v) is 6.48. The van der Waals surface area contributed by atoms with Crippen molar-refractivity contribution < 1.29 is 14.4 Å². The number of nitriles is 1. The van der Waals surface area contributed by atoms with E-state index in [2.05, 4.69) is 32.2 Å². The van der Waals surface area contributed by atoms with Crippen molar-refractivity contribution in [2.24, 2.45) is 5.73 Å². The van der Waals surface area contributed by atoms with Crippen LogP contribution in [0.15, 0.2) is 58.4 Å². The van der Waals surface area contributed by atoms with Crippen LogP contribution in [-0.4, -0.2) is 41.4 Å². The van der Waals surface area contributed by atoms with Gasteiger partial charge in [0.1, 0.15) is 17.3 Å². The van der Waals surface area contributed by atoms with Gasteiger partial charge in [0.15, 0.2) is 0 Å². The topological polar surface area (TPSA) is 143 Å². The molecule has 0 spiro atoms. The molecule has 1 saturated heterocycles. The fourth-order valence-electron chi connectivity index (χ4n) is 4.35. The lowest BCUT2D eigenvalue weighted by atomic mass is 9.82. The van der Waals surface area contributed by atoms with E-state index in [0.717, 1.165) is 10.0 Å². The smallest absolute Gasteiger partial charge is 0.292 e. The lowest BCUT2D eigenvalue weighted by Gasteiger charge is -2.29. The number of fused-ring (bicyclic) bond motifs is 1. The molecule has 0 amide bonds. The first-order chi connectivity index (χ1) is 16.5. The molecule has 2 aliphatic heterocycles. The number of ether oxygens (including phenoxy) is 2. The van der Waals surface area contributed by atoms with Crippen LogP contribution in [0.4, 0.5) is 11.4 Å². The molecule has 0 bridgehead atoms. The van der Waals surface area contributed by atoms with Crippen molar-refractivity contribution in [1.82, 2.24) is 10.2 Å². The van der Waals surface area contributed by atoms with E-state index in [1.165, 1.54) is 6.07 Å². The second kappa shape index (κ2) is 8.81. The summed E-state index contributed by atoms with van der Waals surface area (Å²) in [4.78, 5) is 13.6. The van der Waals surface area contributed by atoms with Crippen LogP contribution in [0.5, 0.6) is 5.88 Å². The summed E-state index contributed by atoms with van der Waals surface area (Å²) < 4.78 is 11.9. The van der Waals surface area contributed by atoms with E-state index >= 15 is 0 Å². The number of allylic oxidation sites excluding steroid dienone is 1. The number of H-pyrrole nitrogens is 1. The molecule has 11 heteroatoms. The van der Waals surface area contributed by atoms with Gasteiger partial charge in [0, 0.05) is 29.2 Å². The zero-order valence-electron chi connectivity index (χ0n) is 17.8. The van der Waals surface area contributed by atoms with E-state index in [4.69, 9.17) is 15.2 Å². The number of nitrogens with one attached hydrogen (secondary N) is 1. The molecule has 1 atom stereocenters. The molecule has 34 heavy (non-hydrogen) atoms. The number of halogens is 1. The summed E-state index contributed by atoms with van der Waals surface area (Å²) in [7, 11) is 0. The highest BCUT2D eigenvalue weighted by Crippen LogP contribution is 2.47. The maximum Gasteiger partial charge on any atom is 0.292 e. The van der Waals surface area contributed by atoms with Crippen LogP contribution in [0.1, 0.15) is 17.0 Å². The highest BCUT2D eigenvalue weighted by atomic mass is 79.9. The molecule has 3 N–H and O–H groups in total. The lowest BCUT2D eigenvalue weighted by Crippen LogP contribution is -2.36. The summed E-state index contributed by atoms with van der Waals surface area (Å²) in [6, 6.07) is 14.7. The standard InChI is InChI=1S/C23H19BrN6O4/c24-15-4-1-13(2-5-15)21-20-19(16(12-25)22(26)34-23(20)28-27-21)14-3-6-17(18(11-14)30(31)32)29-7-9-33-10-8-29/h1-6,11,19H,7-10,26H2,(H,27,28)/t19-/m0/s1. The zero-order valence-corrected chi connectivity index (χ0v) is 19.4. The minimum Gasteiger partial charge on any atom is -0.420 e. The second-order valence-electron chi connectivity index (χ2n) is 7.85. The van der Waals surface area contributed by atoms with Crippen molar-refractivity contribution in [2.75, 3.05) is 31.2 Å². The summed E-state index contributed by atoms with van der Waals surface area (Å²) >= 11 is 3.43. The van der Waals surface area contributed by atoms with E-state index < -0.39 is 10.8 Å². The predicted octanol–water partition coefficient (Wildman–Crippen LogP) is 3.80. The molecule has 5 rings (SSSR count). The first kappa shape index (κ1) is 21.9. The monoisotopic (exact) mass is 522 g/mol. The predicted molar refractivity (Wildman–Crippen MR) is 127 cm³/mol. The minimum atomic E-state index is -0.691. The summed E-state index contributed by atoms with van der Waals surface area (Å²) in [6.07, 6.45) is 0. The summed E-state index contributed by atoms with van der Waals surface area (Å²) in [5.74, 6) is -0.531. The first-order valence-electron chi connectivity index (χ1n) is 10.5. The SMILES string of the molecule is N#CC1=C(N)Oc2n[nH]c(-c3ccc(Br)cc3)c2[C@H]1c1ccc(N2CCOCC2)c([N+](=O)[O-])c1. The van der Waals surface area contributed by atoms with Gasteiger partial charge in [0.05, 0.1) is 35.3 Å². The van der Waals surface area contributed by atoms with Gasteiger partial charge in [0.25, 0.3) is 5.69 Å². The molecular formula is C23H19BrN6O4. The van der Waals surface area contributed by atoms with Crippen LogP contribution in [0.3, 0.4) is 0 Å². The Morgan fingerprint density at radius 1 is 1.24 bits per heavy atom. The fraction of sp³-hybridized carbons (Fsp3) is 0.217. The number of benzene rings is 2. The minimum absolute atomic E-state index is 0.0445. The quantitative estimate of drug-likeness (QED) is 0.388. The van der Waals surface area contributed by atoms with E-state index in [1.807, 2.05) is 29.2 Å². The zero-order chi connectivity index (χ0) is 23.8. The van der Waals surface area contributed by atoms with Crippen molar-refractivity contribution >= 4 is 27.3 Å². The van der Waals surface area contributed by atoms with Crippen molar-refractivity contribution in [1.29, 1.82) is 5.26 Å². The number of nitro groups is 1. The summed E-state index contributed by atoms with van der Waals surface area (Å²) in [5.41, 5.74) is 9.32. The maximum atomic E-state index is 12.0. The Bertz CT molecular complexity index is 1340. The number of anilines is 1. The molecule has 172 valence electrons. The van der Waals surface area contributed by atoms with Crippen LogP contribution in [0.25, 0.3) is 11.3 Å². The fourth-order valence-corrected chi connectivity index (χ4v) is 4.62. The number of nitrogens with two attached hydrogens (primary N) is 1. The van der Waals surface area contributed by atoms with E-state index in [-0.39, 0.29) is 23.0 Å². The first-order valence-corrected chi connectivity index (χ1v) is 11.3. The number of rotatable bonds is 4. The molecule has 0 saturated carbocycles. The molecule has 2 aliphatic rings. The molecule has 10 nitrogen and oxygen atoms in total. The van der Waals surface area contributed by atoms with Crippen molar-refractivity contribution in [2.45, 2.75) is 5.92 Å². The Kier molecular flexibility index (Phi) is 5.69. The number of aromatic amines is 1. The van der Waals surface area contributed by atoms with E-state index in [0.29, 0.717) is 48.8 Å². The Hall–Kier alpha value is -3.88. The molecular weight excluding hydrogens is 504 g/mol. The van der Waals surface area contributed by atoms with Gasteiger partial charge in [-0.1, -0.05) is 34.1 Å². The molecule has 1 aromatic heterocycles. The second-order valence-corrected chi connectivity index (χ2v) is 8.77. The lowest BCUT2D eigenvalue weighted by molar-refractivity contribution is -0.384. The number of aromatic nitrogens is 2. The normalized spacial score (nSPS) is 17.6. The van der Waals surface area contributed by atoms with Crippen LogP contribution in [-0.2, 0) is 4.74 Å². The van der Waals surface area contributed by atoms with E-state index in [9.17, 15) is 15.4 Å². The van der Waals surface area contributed by atoms with Gasteiger partial charge >= 0.3 is 0 Å². The average Bonchev–Trinajstić information content (AvgIpc) is 3.27. The van der Waals surface area contributed by atoms with Crippen LogP contribution in [0, 0.1) is 21.4 Å². The highest BCUT2D eigenvalue weighted by Gasteiger charge is 2.37. The number of hydrogen-bond acceptors (Lipinski definition) is 8. The average molecular weight is 523 g/mol. The Morgan fingerprint density at radius 3 is 2.65 bits per heavy atom. The molecule has 2 aromatic carbocycles. The van der Waals surface area contributed by atoms with Gasteiger partial charge < -0.3 is 20.1 Å². The molecule has 1 fully saturated rings. The molecule has 3 aromatic rings. The van der Waals surface area contributed by atoms with Gasteiger partial charge in [0.2, 0.25) is 11.8 Å². The van der Waals surface area contributed by atoms with Gasteiger partial charge in [-0.2, -0.15) is 5.26 Å². The Morgan fingerprint density at radius 2 is 1.97 bits per heavy atom. The van der Waals surface area contributed by atoms with Crippen LogP contribution in [0.2, 0.25) is 0 Å². The van der Waals surface area contributed by atoms with Gasteiger partial charge in [-0.3, -0.25) is 15.2 Å². The Labute approximate surface area is 202 Å². The summed E-state index contributed by atoms with van der Waals surface area (Å²) in [6.45, 7) is 2.14.